The molecule has 1 aromatic rings. The lowest BCUT2D eigenvalue weighted by molar-refractivity contribution is -0.124. The minimum absolute atomic E-state index is 0.0513. The van der Waals surface area contributed by atoms with E-state index in [9.17, 15) is 13.8 Å². The van der Waals surface area contributed by atoms with Gasteiger partial charge in [-0.25, -0.2) is 4.79 Å². The Hall–Kier alpha value is -1.99. The molecule has 0 N–H and O–H groups in total. The van der Waals surface area contributed by atoms with Gasteiger partial charge in [0.1, 0.15) is 22.6 Å². The molecule has 1 aliphatic heterocycles. The monoisotopic (exact) mass is 561 g/mol. The molecule has 0 radical (unpaired) electrons. The number of carbonyl (C=O) groups excluding carboxylic acids is 2. The quantitative estimate of drug-likeness (QED) is 0.151. The number of hydrogen-bond donors (Lipinski definition) is 0. The molecule has 1 saturated heterocycles. The molecule has 220 valence electrons. The van der Waals surface area contributed by atoms with Gasteiger partial charge in [-0.2, -0.15) is 0 Å². The van der Waals surface area contributed by atoms with Gasteiger partial charge >= 0.3 is 6.09 Å². The number of allylic oxidation sites excluding steroid dienone is 2. The molecule has 2 unspecified atom stereocenters. The summed E-state index contributed by atoms with van der Waals surface area (Å²) in [5, 5.41) is -0.792. The minimum atomic E-state index is -1.57. The first-order valence-corrected chi connectivity index (χ1v) is 16.0. The minimum Gasteiger partial charge on any atom is -0.444 e. The van der Waals surface area contributed by atoms with Crippen LogP contribution in [0.5, 0.6) is 0 Å². The highest BCUT2D eigenvalue weighted by atomic mass is 32.2. The number of unbranched alkanes of at least 4 members (excludes halogenated alkanes) is 9. The Morgan fingerprint density at radius 1 is 1.03 bits per heavy atom. The molecule has 1 aliphatic rings. The molecule has 3 atom stereocenters. The number of ketones is 1. The Labute approximate surface area is 239 Å². The number of carbonyl (C=O) groups is 2. The van der Waals surface area contributed by atoms with Crippen molar-refractivity contribution in [3.63, 3.8) is 0 Å². The Morgan fingerprint density at radius 3 is 2.21 bits per heavy atom. The fraction of sp³-hybridized carbons (Fsp3) is 0.688. The second kappa shape index (κ2) is 16.3. The third kappa shape index (κ3) is 11.2. The van der Waals surface area contributed by atoms with Crippen molar-refractivity contribution in [1.29, 1.82) is 0 Å². The average molecular weight is 562 g/mol. The number of ether oxygens (including phenoxy) is 2. The van der Waals surface area contributed by atoms with Crippen molar-refractivity contribution >= 4 is 22.7 Å². The van der Waals surface area contributed by atoms with E-state index in [-0.39, 0.29) is 12.4 Å². The topological polar surface area (TPSA) is 72.9 Å². The first-order chi connectivity index (χ1) is 18.5. The van der Waals surface area contributed by atoms with E-state index in [2.05, 4.69) is 13.0 Å². The van der Waals surface area contributed by atoms with E-state index in [1.54, 1.807) is 46.8 Å². The Morgan fingerprint density at radius 2 is 1.62 bits per heavy atom. The van der Waals surface area contributed by atoms with Gasteiger partial charge in [-0.15, -0.1) is 0 Å². The van der Waals surface area contributed by atoms with Crippen LogP contribution in [0.3, 0.4) is 0 Å². The van der Waals surface area contributed by atoms with Crippen LogP contribution >= 0.6 is 0 Å². The zero-order valence-corrected chi connectivity index (χ0v) is 25.9. The van der Waals surface area contributed by atoms with Gasteiger partial charge in [0.05, 0.1) is 17.4 Å². The van der Waals surface area contributed by atoms with Gasteiger partial charge < -0.3 is 9.47 Å². The van der Waals surface area contributed by atoms with E-state index in [0.29, 0.717) is 11.3 Å². The summed E-state index contributed by atoms with van der Waals surface area (Å²) in [6.45, 7) is 11.2. The third-order valence-corrected chi connectivity index (χ3v) is 8.63. The second-order valence-electron chi connectivity index (χ2n) is 11.9. The van der Waals surface area contributed by atoms with Crippen molar-refractivity contribution in [1.82, 2.24) is 4.90 Å². The molecule has 1 aromatic carbocycles. The van der Waals surface area contributed by atoms with Crippen LogP contribution in [-0.4, -0.2) is 50.2 Å². The first kappa shape index (κ1) is 33.2. The summed E-state index contributed by atoms with van der Waals surface area (Å²) in [4.78, 5) is 29.0. The standard InChI is InChI=1S/C32H51NO5S/c1-7-8-9-10-11-12-13-14-15-16-17-21-24-28(39(36)26-22-19-18-20-23-26)29(34)27-25-37-32(5,6)33(27)30(35)38-31(2,3)4/h17-23,27-28H,7-16,24-25H2,1-6H3/b21-17+/t27-,28?,39?/m0/s1. The predicted molar refractivity (Wildman–Crippen MR) is 159 cm³/mol. The van der Waals surface area contributed by atoms with Crippen LogP contribution in [0.4, 0.5) is 4.79 Å². The maximum Gasteiger partial charge on any atom is 0.413 e. The van der Waals surface area contributed by atoms with Crippen molar-refractivity contribution in [2.45, 2.75) is 140 Å². The SMILES string of the molecule is CCCCCCCCCCC/C=C/CC(C(=O)[C@@H]1COC(C)(C)N1C(=O)OC(C)(C)C)S(=O)c1ccccc1. The molecule has 6 nitrogen and oxygen atoms in total. The summed E-state index contributed by atoms with van der Waals surface area (Å²) in [6, 6.07) is 8.21. The van der Waals surface area contributed by atoms with Crippen LogP contribution in [0.15, 0.2) is 47.4 Å². The van der Waals surface area contributed by atoms with Crippen molar-refractivity contribution in [2.24, 2.45) is 0 Å². The summed E-state index contributed by atoms with van der Waals surface area (Å²) >= 11 is 0. The molecule has 0 saturated carbocycles. The summed E-state index contributed by atoms with van der Waals surface area (Å²) in [6.07, 6.45) is 16.3. The Kier molecular flexibility index (Phi) is 13.9. The third-order valence-electron chi connectivity index (χ3n) is 6.95. The van der Waals surface area contributed by atoms with Crippen LogP contribution in [0.2, 0.25) is 0 Å². The zero-order valence-electron chi connectivity index (χ0n) is 25.1. The van der Waals surface area contributed by atoms with Crippen LogP contribution in [0.25, 0.3) is 0 Å². The average Bonchev–Trinajstić information content (AvgIpc) is 3.20. The number of amides is 1. The molecule has 0 spiro atoms. The number of rotatable bonds is 16. The van der Waals surface area contributed by atoms with Crippen LogP contribution in [0, 0.1) is 0 Å². The van der Waals surface area contributed by atoms with Gasteiger partial charge in [0.25, 0.3) is 0 Å². The molecule has 7 heteroatoms. The van der Waals surface area contributed by atoms with Crippen LogP contribution < -0.4 is 0 Å². The van der Waals surface area contributed by atoms with E-state index in [1.165, 1.54) is 56.3 Å². The van der Waals surface area contributed by atoms with E-state index in [1.807, 2.05) is 24.3 Å². The zero-order chi connectivity index (χ0) is 28.9. The Bertz CT molecular complexity index is 938. The van der Waals surface area contributed by atoms with Crippen molar-refractivity contribution in [3.05, 3.63) is 42.5 Å². The first-order valence-electron chi connectivity index (χ1n) is 14.8. The maximum absolute atomic E-state index is 13.9. The summed E-state index contributed by atoms with van der Waals surface area (Å²) in [5.74, 6) is -0.263. The molecule has 0 bridgehead atoms. The highest BCUT2D eigenvalue weighted by Gasteiger charge is 2.50. The van der Waals surface area contributed by atoms with Gasteiger partial charge in [-0.1, -0.05) is 88.6 Å². The molecule has 2 rings (SSSR count). The summed E-state index contributed by atoms with van der Waals surface area (Å²) < 4.78 is 25.1. The lowest BCUT2D eigenvalue weighted by atomic mass is 10.0. The smallest absolute Gasteiger partial charge is 0.413 e. The van der Waals surface area contributed by atoms with Gasteiger partial charge in [0.2, 0.25) is 0 Å². The largest absolute Gasteiger partial charge is 0.444 e. The molecular formula is C32H51NO5S. The van der Waals surface area contributed by atoms with E-state index >= 15 is 0 Å². The highest BCUT2D eigenvalue weighted by Crippen LogP contribution is 2.32. The number of Topliss-reactive ketones (excluding diaryl/α,β-unsaturated/α-hetero) is 1. The normalized spacial score (nSPS) is 18.8. The lowest BCUT2D eigenvalue weighted by Crippen LogP contribution is -2.54. The molecule has 0 aliphatic carbocycles. The number of hydrogen-bond acceptors (Lipinski definition) is 5. The lowest BCUT2D eigenvalue weighted by Gasteiger charge is -2.35. The molecule has 1 amide bonds. The van der Waals surface area contributed by atoms with E-state index in [0.717, 1.165) is 12.8 Å². The van der Waals surface area contributed by atoms with Crippen molar-refractivity contribution in [3.8, 4) is 0 Å². The van der Waals surface area contributed by atoms with Gasteiger partial charge in [0.15, 0.2) is 5.78 Å². The Balaban J connectivity index is 2.04. The van der Waals surface area contributed by atoms with Gasteiger partial charge in [-0.3, -0.25) is 13.9 Å². The van der Waals surface area contributed by atoms with Crippen LogP contribution in [0.1, 0.15) is 112 Å². The highest BCUT2D eigenvalue weighted by molar-refractivity contribution is 7.86. The fourth-order valence-corrected chi connectivity index (χ4v) is 6.23. The predicted octanol–water partition coefficient (Wildman–Crippen LogP) is 7.97. The van der Waals surface area contributed by atoms with E-state index in [4.69, 9.17) is 9.47 Å². The van der Waals surface area contributed by atoms with Gasteiger partial charge in [0, 0.05) is 4.90 Å². The van der Waals surface area contributed by atoms with Gasteiger partial charge in [-0.05, 0) is 66.0 Å². The van der Waals surface area contributed by atoms with Crippen LogP contribution in [-0.2, 0) is 25.1 Å². The molecule has 39 heavy (non-hydrogen) atoms. The van der Waals surface area contributed by atoms with Crippen molar-refractivity contribution in [2.75, 3.05) is 6.61 Å². The molecule has 1 fully saturated rings. The molecule has 1 heterocycles. The van der Waals surface area contributed by atoms with Crippen molar-refractivity contribution < 1.29 is 23.3 Å². The number of nitrogens with zero attached hydrogens (tertiary/aromatic N) is 1. The van der Waals surface area contributed by atoms with E-state index < -0.39 is 39.5 Å². The fourth-order valence-electron chi connectivity index (χ4n) is 4.82. The second-order valence-corrected chi connectivity index (χ2v) is 13.6. The summed E-state index contributed by atoms with van der Waals surface area (Å²) in [7, 11) is -1.57. The molecule has 0 aromatic heterocycles. The molecular weight excluding hydrogens is 510 g/mol. The summed E-state index contributed by atoms with van der Waals surface area (Å²) in [5.41, 5.74) is -1.72. The maximum atomic E-state index is 13.9. The number of benzene rings is 1.